The monoisotopic (exact) mass is 390 g/mol. The highest BCUT2D eigenvalue weighted by molar-refractivity contribution is 5.89. The number of rotatable bonds is 4. The van der Waals surface area contributed by atoms with Crippen molar-refractivity contribution in [1.82, 2.24) is 4.57 Å². The van der Waals surface area contributed by atoms with Gasteiger partial charge in [-0.15, -0.1) is 0 Å². The molecule has 0 spiro atoms. The molecule has 3 aromatic rings. The number of carbonyl (C=O) groups excluding carboxylic acids is 1. The summed E-state index contributed by atoms with van der Waals surface area (Å²) < 4.78 is 7.50. The molecule has 1 unspecified atom stereocenters. The molecule has 1 aliphatic rings. The average molecular weight is 390 g/mol. The molecule has 0 amide bonds. The van der Waals surface area contributed by atoms with E-state index in [0.29, 0.717) is 18.5 Å². The zero-order chi connectivity index (χ0) is 20.9. The first-order valence-electron chi connectivity index (χ1n) is 9.97. The van der Waals surface area contributed by atoms with Crippen LogP contribution in [-0.4, -0.2) is 16.1 Å². The van der Waals surface area contributed by atoms with Crippen molar-refractivity contribution in [2.24, 2.45) is 5.73 Å². The zero-order valence-electron chi connectivity index (χ0n) is 17.3. The van der Waals surface area contributed by atoms with Crippen molar-refractivity contribution < 1.29 is 9.53 Å². The smallest absolute Gasteiger partial charge is 0.326 e. The molecule has 0 saturated carbocycles. The number of nitrogens with two attached hydrogens (primary N) is 1. The summed E-state index contributed by atoms with van der Waals surface area (Å²) in [5.41, 5.74) is 9.19. The summed E-state index contributed by atoms with van der Waals surface area (Å²) in [7, 11) is 0. The van der Waals surface area contributed by atoms with Gasteiger partial charge in [-0.05, 0) is 61.7 Å². The lowest BCUT2D eigenvalue weighted by atomic mass is 9.97. The van der Waals surface area contributed by atoms with E-state index in [4.69, 9.17) is 10.5 Å². The zero-order valence-corrected chi connectivity index (χ0v) is 17.3. The van der Waals surface area contributed by atoms with Gasteiger partial charge in [-0.1, -0.05) is 31.2 Å². The first kappa shape index (κ1) is 19.4. The van der Waals surface area contributed by atoms with Crippen molar-refractivity contribution in [3.8, 4) is 11.3 Å². The molecule has 1 aromatic heterocycles. The molecule has 2 aromatic carbocycles. The number of esters is 1. The Morgan fingerprint density at radius 2 is 1.86 bits per heavy atom. The number of hydrogen-bond acceptors (Lipinski definition) is 4. The van der Waals surface area contributed by atoms with Crippen molar-refractivity contribution in [2.45, 2.75) is 52.3 Å². The van der Waals surface area contributed by atoms with E-state index in [9.17, 15) is 9.59 Å². The molecule has 29 heavy (non-hydrogen) atoms. The summed E-state index contributed by atoms with van der Waals surface area (Å²) in [6, 6.07) is 14.5. The number of carbonyl (C=O) groups is 1. The molecule has 2 heterocycles. The minimum absolute atomic E-state index is 0.0423. The van der Waals surface area contributed by atoms with Crippen LogP contribution in [-0.2, 0) is 16.1 Å². The van der Waals surface area contributed by atoms with Gasteiger partial charge < -0.3 is 15.0 Å². The van der Waals surface area contributed by atoms with E-state index >= 15 is 0 Å². The fourth-order valence-corrected chi connectivity index (χ4v) is 3.96. The first-order valence-corrected chi connectivity index (χ1v) is 9.97. The van der Waals surface area contributed by atoms with Gasteiger partial charge in [0.15, 0.2) is 0 Å². The Bertz CT molecular complexity index is 1190. The molecule has 1 aliphatic heterocycles. The van der Waals surface area contributed by atoms with Gasteiger partial charge in [0.25, 0.3) is 5.56 Å². The molecular formula is C24H26N2O3. The van der Waals surface area contributed by atoms with Crippen molar-refractivity contribution in [1.29, 1.82) is 0 Å². The van der Waals surface area contributed by atoms with Crippen LogP contribution in [0.25, 0.3) is 22.0 Å². The quantitative estimate of drug-likeness (QED) is 0.533. The predicted molar refractivity (Wildman–Crippen MR) is 115 cm³/mol. The molecule has 5 heteroatoms. The first-order chi connectivity index (χ1) is 13.7. The maximum absolute atomic E-state index is 13.1. The molecular weight excluding hydrogens is 364 g/mol. The number of nitrogens with zero attached hydrogens (tertiary/aromatic N) is 1. The lowest BCUT2D eigenvalue weighted by molar-refractivity contribution is -0.155. The van der Waals surface area contributed by atoms with E-state index in [2.05, 4.69) is 24.3 Å². The topological polar surface area (TPSA) is 74.3 Å². The minimum Gasteiger partial charge on any atom is -0.456 e. The van der Waals surface area contributed by atoms with Crippen LogP contribution in [0, 0.1) is 6.92 Å². The number of aromatic nitrogens is 1. The molecule has 2 N–H and O–H groups in total. The van der Waals surface area contributed by atoms with Crippen LogP contribution in [0.2, 0.25) is 0 Å². The van der Waals surface area contributed by atoms with E-state index in [-0.39, 0.29) is 5.56 Å². The van der Waals surface area contributed by atoms with Gasteiger partial charge in [0.05, 0.1) is 12.2 Å². The number of fused-ring (bicyclic) bond motifs is 4. The molecule has 0 bridgehead atoms. The highest BCUT2D eigenvalue weighted by Crippen LogP contribution is 2.36. The van der Waals surface area contributed by atoms with Crippen LogP contribution in [0.5, 0.6) is 0 Å². The Morgan fingerprint density at radius 1 is 1.21 bits per heavy atom. The summed E-state index contributed by atoms with van der Waals surface area (Å²) in [5.74, 6) is -0.476. The van der Waals surface area contributed by atoms with Crippen molar-refractivity contribution in [3.05, 3.63) is 69.5 Å². The molecule has 1 atom stereocenters. The van der Waals surface area contributed by atoms with Crippen LogP contribution < -0.4 is 11.3 Å². The highest BCUT2D eigenvalue weighted by Gasteiger charge is 2.30. The molecule has 5 nitrogen and oxygen atoms in total. The second-order valence-electron chi connectivity index (χ2n) is 8.38. The van der Waals surface area contributed by atoms with E-state index in [1.807, 2.05) is 29.7 Å². The normalized spacial score (nSPS) is 13.8. The molecule has 150 valence electrons. The summed E-state index contributed by atoms with van der Waals surface area (Å²) in [4.78, 5) is 25.5. The molecule has 0 saturated heterocycles. The van der Waals surface area contributed by atoms with Crippen LogP contribution in [0.3, 0.4) is 0 Å². The minimum atomic E-state index is -1.08. The second-order valence-corrected chi connectivity index (χ2v) is 8.38. The Morgan fingerprint density at radius 3 is 2.48 bits per heavy atom. The van der Waals surface area contributed by atoms with E-state index in [0.717, 1.165) is 33.2 Å². The third-order valence-corrected chi connectivity index (χ3v) is 5.65. The largest absolute Gasteiger partial charge is 0.456 e. The Kier molecular flexibility index (Phi) is 4.58. The summed E-state index contributed by atoms with van der Waals surface area (Å²) in [6.45, 7) is 7.53. The van der Waals surface area contributed by atoms with E-state index < -0.39 is 17.6 Å². The standard InChI is InChI=1S/C24H26N2O3/c1-5-21(29-23(28)24(3,4)25)18-12-20-19-11-16-9-7-6-8-15(16)10-17(19)13-26(20)22(27)14(18)2/h6-12,21H,5,13,25H2,1-4H3. The number of hydrogen-bond donors (Lipinski definition) is 1. The Hall–Kier alpha value is -2.92. The van der Waals surface area contributed by atoms with E-state index in [1.54, 1.807) is 20.8 Å². The number of benzene rings is 2. The van der Waals surface area contributed by atoms with Crippen LogP contribution in [0.15, 0.2) is 47.3 Å². The number of ether oxygens (including phenoxy) is 1. The summed E-state index contributed by atoms with van der Waals surface area (Å²) in [5, 5.41) is 2.30. The van der Waals surface area contributed by atoms with Crippen molar-refractivity contribution >= 4 is 16.7 Å². The highest BCUT2D eigenvalue weighted by atomic mass is 16.5. The van der Waals surface area contributed by atoms with Gasteiger partial charge in [-0.2, -0.15) is 0 Å². The number of pyridine rings is 1. The van der Waals surface area contributed by atoms with Gasteiger partial charge >= 0.3 is 5.97 Å². The van der Waals surface area contributed by atoms with Gasteiger partial charge in [-0.25, -0.2) is 0 Å². The van der Waals surface area contributed by atoms with Gasteiger partial charge in [0.2, 0.25) is 0 Å². The lowest BCUT2D eigenvalue weighted by Gasteiger charge is -2.24. The molecule has 0 aliphatic carbocycles. The predicted octanol–water partition coefficient (Wildman–Crippen LogP) is 4.07. The van der Waals surface area contributed by atoms with Gasteiger partial charge in [0.1, 0.15) is 11.6 Å². The van der Waals surface area contributed by atoms with Crippen molar-refractivity contribution in [2.75, 3.05) is 0 Å². The van der Waals surface area contributed by atoms with Gasteiger partial charge in [0, 0.05) is 16.7 Å². The SMILES string of the molecule is CCC(OC(=O)C(C)(C)N)c1cc2n(c(=O)c1C)Cc1cc3ccccc3cc1-2. The van der Waals surface area contributed by atoms with E-state index in [1.165, 1.54) is 0 Å². The average Bonchev–Trinajstić information content (AvgIpc) is 3.04. The fraction of sp³-hybridized carbons (Fsp3) is 0.333. The molecule has 0 fully saturated rings. The third kappa shape index (κ3) is 3.25. The maximum Gasteiger partial charge on any atom is 0.326 e. The molecule has 0 radical (unpaired) electrons. The van der Waals surface area contributed by atoms with Crippen molar-refractivity contribution in [3.63, 3.8) is 0 Å². The Labute approximate surface area is 170 Å². The molecule has 4 rings (SSSR count). The van der Waals surface area contributed by atoms with Crippen LogP contribution in [0.4, 0.5) is 0 Å². The summed E-state index contributed by atoms with van der Waals surface area (Å²) in [6.07, 6.45) is 0.0595. The second kappa shape index (κ2) is 6.85. The maximum atomic E-state index is 13.1. The van der Waals surface area contributed by atoms with Gasteiger partial charge in [-0.3, -0.25) is 9.59 Å². The third-order valence-electron chi connectivity index (χ3n) is 5.65. The Balaban J connectivity index is 1.84. The fourth-order valence-electron chi connectivity index (χ4n) is 3.96. The lowest BCUT2D eigenvalue weighted by Crippen LogP contribution is -2.43. The summed E-state index contributed by atoms with van der Waals surface area (Å²) >= 11 is 0. The van der Waals surface area contributed by atoms with Crippen LogP contribution in [0.1, 0.15) is 50.0 Å². The van der Waals surface area contributed by atoms with Crippen LogP contribution >= 0.6 is 0 Å².